The van der Waals surface area contributed by atoms with Crippen LogP contribution in [0.2, 0.25) is 0 Å². The highest BCUT2D eigenvalue weighted by Gasteiger charge is 2.18. The summed E-state index contributed by atoms with van der Waals surface area (Å²) in [5.74, 6) is -0.162. The van der Waals surface area contributed by atoms with E-state index in [9.17, 15) is 9.18 Å². The van der Waals surface area contributed by atoms with Crippen molar-refractivity contribution in [2.75, 3.05) is 25.0 Å². The van der Waals surface area contributed by atoms with Gasteiger partial charge in [0.15, 0.2) is 5.76 Å². The number of carbonyl (C=O) groups excluding carboxylic acids is 1. The molecule has 1 N–H and O–H groups in total. The third-order valence-electron chi connectivity index (χ3n) is 5.48. The fourth-order valence-electron chi connectivity index (χ4n) is 3.58. The Kier molecular flexibility index (Phi) is 6.95. The van der Waals surface area contributed by atoms with E-state index in [0.717, 1.165) is 26.2 Å². The molecule has 0 unspecified atom stereocenters. The van der Waals surface area contributed by atoms with E-state index in [2.05, 4.69) is 34.1 Å². The van der Waals surface area contributed by atoms with Crippen molar-refractivity contribution < 1.29 is 13.6 Å². The minimum atomic E-state index is -0.399. The summed E-state index contributed by atoms with van der Waals surface area (Å²) < 4.78 is 21.7. The lowest BCUT2D eigenvalue weighted by Crippen LogP contribution is -2.27. The lowest BCUT2D eigenvalue weighted by Gasteiger charge is -2.17. The molecule has 0 bridgehead atoms. The molecule has 8 heteroatoms. The number of rotatable bonds is 9. The minimum Gasteiger partial charge on any atom is -0.436 e. The zero-order chi connectivity index (χ0) is 23.2. The summed E-state index contributed by atoms with van der Waals surface area (Å²) in [5.41, 5.74) is 1.84. The van der Waals surface area contributed by atoms with E-state index in [4.69, 9.17) is 4.42 Å². The molecule has 2 aromatic heterocycles. The lowest BCUT2D eigenvalue weighted by atomic mass is 10.1. The van der Waals surface area contributed by atoms with E-state index in [1.165, 1.54) is 12.3 Å². The van der Waals surface area contributed by atoms with Gasteiger partial charge in [-0.15, -0.1) is 0 Å². The zero-order valence-corrected chi connectivity index (χ0v) is 18.7. The molecule has 4 rings (SSSR count). The van der Waals surface area contributed by atoms with Gasteiger partial charge in [0.2, 0.25) is 5.89 Å². The molecule has 2 aromatic carbocycles. The molecule has 0 fully saturated rings. The van der Waals surface area contributed by atoms with Gasteiger partial charge < -0.3 is 14.6 Å². The first kappa shape index (κ1) is 22.4. The van der Waals surface area contributed by atoms with Crippen molar-refractivity contribution in [1.29, 1.82) is 0 Å². The summed E-state index contributed by atoms with van der Waals surface area (Å²) in [6.45, 7) is 7.85. The van der Waals surface area contributed by atoms with Gasteiger partial charge in [-0.3, -0.25) is 9.48 Å². The number of hydrogen-bond acceptors (Lipinski definition) is 5. The maximum absolute atomic E-state index is 14.1. The van der Waals surface area contributed by atoms with Gasteiger partial charge in [-0.2, -0.15) is 5.10 Å². The molecule has 0 aliphatic rings. The number of carbonyl (C=O) groups is 1. The van der Waals surface area contributed by atoms with Crippen LogP contribution >= 0.6 is 0 Å². The largest absolute Gasteiger partial charge is 0.436 e. The van der Waals surface area contributed by atoms with Crippen LogP contribution in [0.3, 0.4) is 0 Å². The molecule has 7 nitrogen and oxygen atoms in total. The number of hydrogen-bond donors (Lipinski definition) is 1. The Balaban J connectivity index is 1.50. The third-order valence-corrected chi connectivity index (χ3v) is 5.48. The van der Waals surface area contributed by atoms with Crippen LogP contribution in [0.4, 0.5) is 10.1 Å². The first-order valence-corrected chi connectivity index (χ1v) is 10.9. The number of aromatic nitrogens is 3. The van der Waals surface area contributed by atoms with E-state index in [-0.39, 0.29) is 11.8 Å². The predicted octanol–water partition coefficient (Wildman–Crippen LogP) is 4.94. The number of nitrogens with zero attached hydrogens (tertiary/aromatic N) is 4. The van der Waals surface area contributed by atoms with E-state index in [1.54, 1.807) is 48.7 Å². The van der Waals surface area contributed by atoms with Gasteiger partial charge in [0.1, 0.15) is 5.82 Å². The Morgan fingerprint density at radius 2 is 1.79 bits per heavy atom. The van der Waals surface area contributed by atoms with Crippen LogP contribution in [-0.2, 0) is 6.54 Å². The highest BCUT2D eigenvalue weighted by molar-refractivity contribution is 6.08. The van der Waals surface area contributed by atoms with Crippen LogP contribution in [0.15, 0.2) is 71.5 Å². The number of amides is 1. The maximum Gasteiger partial charge on any atom is 0.256 e. The van der Waals surface area contributed by atoms with Gasteiger partial charge >= 0.3 is 0 Å². The van der Waals surface area contributed by atoms with Crippen molar-refractivity contribution in [3.63, 3.8) is 0 Å². The van der Waals surface area contributed by atoms with Gasteiger partial charge in [0.25, 0.3) is 5.91 Å². The molecule has 0 atom stereocenters. The van der Waals surface area contributed by atoms with Crippen molar-refractivity contribution in [1.82, 2.24) is 19.7 Å². The Morgan fingerprint density at radius 3 is 2.55 bits per heavy atom. The summed E-state index contributed by atoms with van der Waals surface area (Å²) in [4.78, 5) is 19.6. The lowest BCUT2D eigenvalue weighted by molar-refractivity contribution is 0.102. The van der Waals surface area contributed by atoms with Crippen molar-refractivity contribution in [2.45, 2.75) is 20.4 Å². The molecule has 0 saturated carbocycles. The molecule has 170 valence electrons. The monoisotopic (exact) mass is 447 g/mol. The first-order chi connectivity index (χ1) is 16.1. The fraction of sp³-hybridized carbons (Fsp3) is 0.240. The molecule has 0 radical (unpaired) electrons. The Morgan fingerprint density at radius 1 is 1.06 bits per heavy atom. The summed E-state index contributed by atoms with van der Waals surface area (Å²) in [6.07, 6.45) is 4.90. The van der Waals surface area contributed by atoms with Crippen LogP contribution in [0.25, 0.3) is 22.8 Å². The van der Waals surface area contributed by atoms with Crippen molar-refractivity contribution in [2.24, 2.45) is 0 Å². The average molecular weight is 448 g/mol. The van der Waals surface area contributed by atoms with Gasteiger partial charge in [0.05, 0.1) is 35.8 Å². The van der Waals surface area contributed by atoms with Crippen molar-refractivity contribution in [3.05, 3.63) is 78.5 Å². The topological polar surface area (TPSA) is 76.2 Å². The van der Waals surface area contributed by atoms with Gasteiger partial charge in [-0.25, -0.2) is 9.37 Å². The minimum absolute atomic E-state index is 0.244. The number of halogens is 1. The Labute approximate surface area is 191 Å². The fourth-order valence-corrected chi connectivity index (χ4v) is 3.58. The van der Waals surface area contributed by atoms with Gasteiger partial charge in [0, 0.05) is 18.3 Å². The summed E-state index contributed by atoms with van der Waals surface area (Å²) in [5, 5.41) is 7.22. The third kappa shape index (κ3) is 5.18. The van der Waals surface area contributed by atoms with Gasteiger partial charge in [-0.1, -0.05) is 38.1 Å². The normalized spacial score (nSPS) is 11.2. The molecule has 4 aromatic rings. The Hall–Kier alpha value is -3.78. The first-order valence-electron chi connectivity index (χ1n) is 10.9. The maximum atomic E-state index is 14.1. The van der Waals surface area contributed by atoms with Crippen molar-refractivity contribution in [3.8, 4) is 22.8 Å². The zero-order valence-electron chi connectivity index (χ0n) is 18.7. The molecule has 33 heavy (non-hydrogen) atoms. The van der Waals surface area contributed by atoms with Crippen LogP contribution in [-0.4, -0.2) is 45.2 Å². The second-order valence-corrected chi connectivity index (χ2v) is 7.53. The number of nitrogens with one attached hydrogen (secondary N) is 1. The van der Waals surface area contributed by atoms with Crippen LogP contribution < -0.4 is 5.32 Å². The molecule has 0 saturated heterocycles. The number of anilines is 1. The summed E-state index contributed by atoms with van der Waals surface area (Å²) >= 11 is 0. The van der Waals surface area contributed by atoms with Crippen LogP contribution in [0, 0.1) is 5.82 Å². The van der Waals surface area contributed by atoms with E-state index >= 15 is 0 Å². The smallest absolute Gasteiger partial charge is 0.256 e. The van der Waals surface area contributed by atoms with Crippen molar-refractivity contribution >= 4 is 11.6 Å². The molecule has 0 aliphatic heterocycles. The van der Waals surface area contributed by atoms with E-state index in [0.29, 0.717) is 28.1 Å². The second kappa shape index (κ2) is 10.2. The Bertz CT molecular complexity index is 1230. The standard InChI is InChI=1S/C25H26FN5O2/c1-3-30(4-2)13-14-31-17-18(15-28-31)29-24(32)19-9-5-6-10-20(19)25-27-16-23(33-25)21-11-7-8-12-22(21)26/h5-12,15-17H,3-4,13-14H2,1-2H3,(H,29,32). The SMILES string of the molecule is CCN(CC)CCn1cc(NC(=O)c2ccccc2-c2ncc(-c3ccccc3F)o2)cn1. The summed E-state index contributed by atoms with van der Waals surface area (Å²) in [7, 11) is 0. The molecular weight excluding hydrogens is 421 g/mol. The molecule has 1 amide bonds. The van der Waals surface area contributed by atoms with Crippen LogP contribution in [0.5, 0.6) is 0 Å². The van der Waals surface area contributed by atoms with E-state index in [1.807, 2.05) is 10.9 Å². The summed E-state index contributed by atoms with van der Waals surface area (Å²) in [6, 6.07) is 13.3. The quantitative estimate of drug-likeness (QED) is 0.393. The highest BCUT2D eigenvalue weighted by Crippen LogP contribution is 2.29. The average Bonchev–Trinajstić information content (AvgIpc) is 3.50. The van der Waals surface area contributed by atoms with Gasteiger partial charge in [-0.05, 0) is 37.4 Å². The number of likely N-dealkylation sites (N-methyl/N-ethyl adjacent to an activating group) is 1. The highest BCUT2D eigenvalue weighted by atomic mass is 19.1. The molecule has 2 heterocycles. The molecular formula is C25H26FN5O2. The number of benzene rings is 2. The molecule has 0 aliphatic carbocycles. The second-order valence-electron chi connectivity index (χ2n) is 7.53. The van der Waals surface area contributed by atoms with E-state index < -0.39 is 5.82 Å². The predicted molar refractivity (Wildman–Crippen MR) is 125 cm³/mol. The molecule has 0 spiro atoms. The number of oxazole rings is 1. The van der Waals surface area contributed by atoms with Crippen LogP contribution in [0.1, 0.15) is 24.2 Å².